The molecule has 172 valence electrons. The zero-order valence-electron chi connectivity index (χ0n) is 18.9. The monoisotopic (exact) mass is 445 g/mol. The number of nitrogens with zero attached hydrogens (tertiary/aromatic N) is 1. The summed E-state index contributed by atoms with van der Waals surface area (Å²) >= 11 is 0. The van der Waals surface area contributed by atoms with Gasteiger partial charge in [-0.3, -0.25) is 4.98 Å². The Kier molecular flexibility index (Phi) is 4.03. The molecule has 2 bridgehead atoms. The van der Waals surface area contributed by atoms with Gasteiger partial charge in [0.25, 0.3) is 0 Å². The maximum absolute atomic E-state index is 10.8. The molecule has 7 rings (SSSR count). The zero-order chi connectivity index (χ0) is 22.6. The van der Waals surface area contributed by atoms with E-state index < -0.39 is 23.9 Å². The molecule has 0 radical (unpaired) electrons. The van der Waals surface area contributed by atoms with E-state index >= 15 is 0 Å². The largest absolute Gasteiger partial charge is 0.390 e. The zero-order valence-corrected chi connectivity index (χ0v) is 18.9. The van der Waals surface area contributed by atoms with Crippen LogP contribution in [0, 0.1) is 11.3 Å². The van der Waals surface area contributed by atoms with Crippen LogP contribution in [0.4, 0.5) is 0 Å². The van der Waals surface area contributed by atoms with Crippen molar-refractivity contribution in [1.29, 1.82) is 0 Å². The van der Waals surface area contributed by atoms with Crippen molar-refractivity contribution in [2.75, 3.05) is 0 Å². The first-order valence-corrected chi connectivity index (χ1v) is 12.4. The minimum atomic E-state index is -1.15. The van der Waals surface area contributed by atoms with E-state index in [4.69, 9.17) is 4.74 Å². The van der Waals surface area contributed by atoms with Crippen molar-refractivity contribution in [2.24, 2.45) is 11.3 Å². The summed E-state index contributed by atoms with van der Waals surface area (Å²) in [6.45, 7) is 2.44. The maximum atomic E-state index is 10.8. The highest BCUT2D eigenvalue weighted by molar-refractivity contribution is 5.82. The third kappa shape index (κ3) is 2.49. The van der Waals surface area contributed by atoms with E-state index in [-0.39, 0.29) is 11.0 Å². The highest BCUT2D eigenvalue weighted by Gasteiger charge is 2.68. The lowest BCUT2D eigenvalue weighted by Crippen LogP contribution is -2.59. The Bertz CT molecular complexity index is 1220. The standard InChI is InChI=1S/C28H31NO4/c1-26-8-6-19-13-21-24(31)25(32)22(30)14-27(21)9-10-28(19,33-27)23(26)5-4-20(26)17-3-2-16-7-11-29-15-18(16)12-17/h2-3,6-7,11-13,15,20,22-25,30-32H,4-5,8-10,14H2,1H3/t20-,22+,23-,24+,25-,26-,27-,28?/m1/s1. The Labute approximate surface area is 193 Å². The second kappa shape index (κ2) is 6.54. The fourth-order valence-corrected chi connectivity index (χ4v) is 8.30. The van der Waals surface area contributed by atoms with E-state index in [0.717, 1.165) is 37.7 Å². The van der Waals surface area contributed by atoms with Crippen LogP contribution in [0.1, 0.15) is 56.9 Å². The van der Waals surface area contributed by atoms with Crippen molar-refractivity contribution in [3.63, 3.8) is 0 Å². The first-order chi connectivity index (χ1) is 15.9. The van der Waals surface area contributed by atoms with Crippen LogP contribution in [0.3, 0.4) is 0 Å². The van der Waals surface area contributed by atoms with Gasteiger partial charge in [-0.05, 0) is 83.6 Å². The van der Waals surface area contributed by atoms with E-state index in [0.29, 0.717) is 18.3 Å². The lowest BCUT2D eigenvalue weighted by Gasteiger charge is -2.55. The van der Waals surface area contributed by atoms with Crippen LogP contribution in [-0.2, 0) is 4.74 Å². The molecule has 1 aromatic heterocycles. The van der Waals surface area contributed by atoms with Gasteiger partial charge in [-0.15, -0.1) is 0 Å². The number of ether oxygens (including phenoxy) is 1. The van der Waals surface area contributed by atoms with Crippen LogP contribution >= 0.6 is 0 Å². The van der Waals surface area contributed by atoms with Crippen LogP contribution in [0.15, 0.2) is 60.0 Å². The van der Waals surface area contributed by atoms with Gasteiger partial charge in [-0.2, -0.15) is 0 Å². The third-order valence-corrected chi connectivity index (χ3v) is 9.91. The molecule has 3 heterocycles. The molecule has 1 saturated heterocycles. The Morgan fingerprint density at radius 3 is 2.82 bits per heavy atom. The topological polar surface area (TPSA) is 82.8 Å². The van der Waals surface area contributed by atoms with Gasteiger partial charge in [-0.1, -0.05) is 31.2 Å². The number of benzene rings is 1. The van der Waals surface area contributed by atoms with E-state index in [9.17, 15) is 15.3 Å². The number of allylic oxidation sites excluding steroid dienone is 1. The first-order valence-electron chi connectivity index (χ1n) is 12.4. The molecular weight excluding hydrogens is 414 g/mol. The SMILES string of the molecule is C[C@]12CC=C3C=C4[C@H](O)[C@H](O)[C@@H](O)C[C@]45CCC3(O5)[C@@H]1CC[C@@H]2c1ccc2ccncc2c1. The molecule has 1 unspecified atom stereocenters. The van der Waals surface area contributed by atoms with Crippen molar-refractivity contribution in [1.82, 2.24) is 4.98 Å². The van der Waals surface area contributed by atoms with E-state index in [1.807, 2.05) is 12.4 Å². The number of hydrogen-bond donors (Lipinski definition) is 3. The van der Waals surface area contributed by atoms with E-state index in [2.05, 4.69) is 48.3 Å². The van der Waals surface area contributed by atoms with E-state index in [1.54, 1.807) is 0 Å². The Hall–Kier alpha value is -2.05. The summed E-state index contributed by atoms with van der Waals surface area (Å²) in [5.41, 5.74) is 2.41. The van der Waals surface area contributed by atoms with Crippen molar-refractivity contribution in [3.05, 3.63) is 65.5 Å². The van der Waals surface area contributed by atoms with Gasteiger partial charge >= 0.3 is 0 Å². The van der Waals surface area contributed by atoms with E-state index in [1.165, 1.54) is 21.9 Å². The van der Waals surface area contributed by atoms with Crippen molar-refractivity contribution in [2.45, 2.75) is 80.9 Å². The molecule has 3 fully saturated rings. The fraction of sp³-hybridized carbons (Fsp3) is 0.536. The minimum Gasteiger partial charge on any atom is -0.390 e. The van der Waals surface area contributed by atoms with Crippen molar-refractivity contribution in [3.8, 4) is 0 Å². The second-order valence-electron chi connectivity index (χ2n) is 11.3. The number of aliphatic hydroxyl groups excluding tert-OH is 3. The van der Waals surface area contributed by atoms with Crippen LogP contribution in [-0.4, -0.2) is 49.8 Å². The molecule has 33 heavy (non-hydrogen) atoms. The normalized spacial score (nSPS) is 45.8. The predicted molar refractivity (Wildman–Crippen MR) is 125 cm³/mol. The van der Waals surface area contributed by atoms with Crippen LogP contribution in [0.25, 0.3) is 10.8 Å². The summed E-state index contributed by atoms with van der Waals surface area (Å²) in [5, 5.41) is 34.0. The smallest absolute Gasteiger partial charge is 0.110 e. The number of fused-ring (bicyclic) bond motifs is 2. The number of aliphatic hydroxyl groups is 3. The summed E-state index contributed by atoms with van der Waals surface area (Å²) in [7, 11) is 0. The summed E-state index contributed by atoms with van der Waals surface area (Å²) in [5.74, 6) is 0.840. The third-order valence-electron chi connectivity index (χ3n) is 9.91. The van der Waals surface area contributed by atoms with Gasteiger partial charge in [0.15, 0.2) is 0 Å². The molecule has 5 nitrogen and oxygen atoms in total. The summed E-state index contributed by atoms with van der Waals surface area (Å²) in [6.07, 6.45) is 10.3. The summed E-state index contributed by atoms with van der Waals surface area (Å²) in [6, 6.07) is 8.90. The summed E-state index contributed by atoms with van der Waals surface area (Å²) in [4.78, 5) is 4.32. The molecule has 2 aromatic rings. The van der Waals surface area contributed by atoms with Crippen molar-refractivity contribution < 1.29 is 20.1 Å². The number of aromatic nitrogens is 1. The molecule has 5 heteroatoms. The van der Waals surface area contributed by atoms with Gasteiger partial charge in [-0.25, -0.2) is 0 Å². The second-order valence-corrected chi connectivity index (χ2v) is 11.3. The molecule has 3 aliphatic carbocycles. The first kappa shape index (κ1) is 20.3. The average molecular weight is 446 g/mol. The van der Waals surface area contributed by atoms with Gasteiger partial charge in [0.2, 0.25) is 0 Å². The van der Waals surface area contributed by atoms with Crippen LogP contribution < -0.4 is 0 Å². The molecule has 2 aliphatic heterocycles. The fourth-order valence-electron chi connectivity index (χ4n) is 8.30. The molecule has 1 aromatic carbocycles. The van der Waals surface area contributed by atoms with Gasteiger partial charge < -0.3 is 20.1 Å². The lowest BCUT2D eigenvalue weighted by molar-refractivity contribution is -0.176. The number of rotatable bonds is 1. The lowest BCUT2D eigenvalue weighted by atomic mass is 9.58. The van der Waals surface area contributed by atoms with Crippen molar-refractivity contribution >= 4 is 10.8 Å². The number of pyridine rings is 1. The molecule has 5 aliphatic rings. The number of hydrogen-bond acceptors (Lipinski definition) is 5. The van der Waals surface area contributed by atoms with Gasteiger partial charge in [0.1, 0.15) is 12.2 Å². The predicted octanol–water partition coefficient (Wildman–Crippen LogP) is 3.78. The van der Waals surface area contributed by atoms with Gasteiger partial charge in [0, 0.05) is 24.2 Å². The Morgan fingerprint density at radius 2 is 1.94 bits per heavy atom. The van der Waals surface area contributed by atoms with Crippen LogP contribution in [0.5, 0.6) is 0 Å². The Balaban J connectivity index is 1.31. The van der Waals surface area contributed by atoms with Gasteiger partial charge in [0.05, 0.1) is 17.3 Å². The average Bonchev–Trinajstić information content (AvgIpc) is 3.33. The molecular formula is C28H31NO4. The Morgan fingerprint density at radius 1 is 1.06 bits per heavy atom. The maximum Gasteiger partial charge on any atom is 0.110 e. The quantitative estimate of drug-likeness (QED) is 0.622. The highest BCUT2D eigenvalue weighted by Crippen LogP contribution is 2.69. The minimum absolute atomic E-state index is 0.0850. The molecule has 3 N–H and O–H groups in total. The molecule has 2 spiro atoms. The highest BCUT2D eigenvalue weighted by atomic mass is 16.5. The molecule has 8 atom stereocenters. The van der Waals surface area contributed by atoms with Crippen LogP contribution in [0.2, 0.25) is 0 Å². The molecule has 0 amide bonds. The molecule has 2 saturated carbocycles. The summed E-state index contributed by atoms with van der Waals surface area (Å²) < 4.78 is 7.03.